The first-order valence-corrected chi connectivity index (χ1v) is 7.82. The van der Waals surface area contributed by atoms with Gasteiger partial charge in [0, 0.05) is 20.0 Å². The largest absolute Gasteiger partial charge is 0.497 e. The lowest BCUT2D eigenvalue weighted by atomic mass is 9.89. The minimum absolute atomic E-state index is 0.319. The number of carbonyl (C=O) groups excluding carboxylic acids is 1. The standard InChI is InChI=1S/C17H24N2O4/c1-12(18-21)19-8-6-14(7-9-19)10-15-11-16(22-3)4-5-17(15)23-13(2)20/h4-5,11,14,21H,6-10H2,1-3H3. The molecular formula is C17H24N2O4. The molecule has 6 heteroatoms. The average molecular weight is 320 g/mol. The maximum Gasteiger partial charge on any atom is 0.308 e. The molecule has 0 aromatic heterocycles. The van der Waals surface area contributed by atoms with Gasteiger partial charge in [0.05, 0.1) is 7.11 Å². The molecular weight excluding hydrogens is 296 g/mol. The Kier molecular flexibility index (Phi) is 5.84. The molecule has 0 amide bonds. The minimum Gasteiger partial charge on any atom is -0.497 e. The fraction of sp³-hybridized carbons (Fsp3) is 0.529. The van der Waals surface area contributed by atoms with Gasteiger partial charge in [-0.1, -0.05) is 5.16 Å². The lowest BCUT2D eigenvalue weighted by molar-refractivity contribution is -0.131. The SMILES string of the molecule is COc1ccc(OC(C)=O)c(CC2CCN(C(C)=NO)CC2)c1. The summed E-state index contributed by atoms with van der Waals surface area (Å²) in [7, 11) is 1.63. The lowest BCUT2D eigenvalue weighted by Gasteiger charge is -2.32. The quantitative estimate of drug-likeness (QED) is 0.231. The predicted octanol–water partition coefficient (Wildman–Crippen LogP) is 2.68. The summed E-state index contributed by atoms with van der Waals surface area (Å²) in [6, 6.07) is 5.52. The van der Waals surface area contributed by atoms with E-state index in [4.69, 9.17) is 14.7 Å². The van der Waals surface area contributed by atoms with E-state index in [1.807, 2.05) is 6.07 Å². The van der Waals surface area contributed by atoms with E-state index >= 15 is 0 Å². The van der Waals surface area contributed by atoms with Crippen molar-refractivity contribution in [2.75, 3.05) is 20.2 Å². The fourth-order valence-electron chi connectivity index (χ4n) is 2.93. The highest BCUT2D eigenvalue weighted by molar-refractivity contribution is 5.79. The van der Waals surface area contributed by atoms with Crippen molar-refractivity contribution in [2.45, 2.75) is 33.1 Å². The second-order valence-corrected chi connectivity index (χ2v) is 5.85. The van der Waals surface area contributed by atoms with Crippen molar-refractivity contribution in [1.29, 1.82) is 0 Å². The van der Waals surface area contributed by atoms with Gasteiger partial charge in [-0.15, -0.1) is 0 Å². The Morgan fingerprint density at radius 3 is 2.61 bits per heavy atom. The molecule has 1 fully saturated rings. The second kappa shape index (κ2) is 7.85. The molecule has 1 aromatic rings. The van der Waals surface area contributed by atoms with Crippen LogP contribution in [0.2, 0.25) is 0 Å². The molecule has 23 heavy (non-hydrogen) atoms. The molecule has 1 heterocycles. The van der Waals surface area contributed by atoms with Crippen LogP contribution < -0.4 is 9.47 Å². The van der Waals surface area contributed by atoms with Crippen LogP contribution in [0.1, 0.15) is 32.3 Å². The van der Waals surface area contributed by atoms with Gasteiger partial charge in [0.15, 0.2) is 0 Å². The molecule has 2 rings (SSSR count). The van der Waals surface area contributed by atoms with Gasteiger partial charge in [0.2, 0.25) is 0 Å². The van der Waals surface area contributed by atoms with Gasteiger partial charge < -0.3 is 19.6 Å². The second-order valence-electron chi connectivity index (χ2n) is 5.85. The van der Waals surface area contributed by atoms with Crippen molar-refractivity contribution in [2.24, 2.45) is 11.1 Å². The van der Waals surface area contributed by atoms with E-state index in [-0.39, 0.29) is 5.97 Å². The zero-order valence-corrected chi connectivity index (χ0v) is 13.9. The number of rotatable bonds is 4. The van der Waals surface area contributed by atoms with Crippen LogP contribution in [0.5, 0.6) is 11.5 Å². The highest BCUT2D eigenvalue weighted by Crippen LogP contribution is 2.30. The van der Waals surface area contributed by atoms with Gasteiger partial charge in [-0.3, -0.25) is 4.79 Å². The van der Waals surface area contributed by atoms with E-state index in [1.54, 1.807) is 26.2 Å². The third kappa shape index (κ3) is 4.61. The summed E-state index contributed by atoms with van der Waals surface area (Å²) < 4.78 is 10.6. The Balaban J connectivity index is 2.06. The Hall–Kier alpha value is -2.24. The smallest absolute Gasteiger partial charge is 0.308 e. The highest BCUT2D eigenvalue weighted by Gasteiger charge is 2.22. The molecule has 1 saturated heterocycles. The van der Waals surface area contributed by atoms with Crippen LogP contribution in [-0.4, -0.2) is 42.1 Å². The van der Waals surface area contributed by atoms with Crippen LogP contribution in [0, 0.1) is 5.92 Å². The normalized spacial score (nSPS) is 16.3. The number of esters is 1. The summed E-state index contributed by atoms with van der Waals surface area (Å²) in [6.07, 6.45) is 2.84. The molecule has 0 unspecified atom stereocenters. The Labute approximate surface area is 136 Å². The molecule has 0 aliphatic carbocycles. The van der Waals surface area contributed by atoms with Crippen LogP contribution >= 0.6 is 0 Å². The van der Waals surface area contributed by atoms with Gasteiger partial charge in [0.1, 0.15) is 17.3 Å². The number of likely N-dealkylation sites (tertiary alicyclic amines) is 1. The summed E-state index contributed by atoms with van der Waals surface area (Å²) in [4.78, 5) is 13.3. The number of hydrogen-bond donors (Lipinski definition) is 1. The zero-order valence-electron chi connectivity index (χ0n) is 13.9. The predicted molar refractivity (Wildman–Crippen MR) is 87.2 cm³/mol. The van der Waals surface area contributed by atoms with Crippen molar-refractivity contribution in [3.05, 3.63) is 23.8 Å². The van der Waals surface area contributed by atoms with E-state index in [0.29, 0.717) is 17.5 Å². The Morgan fingerprint density at radius 2 is 2.04 bits per heavy atom. The van der Waals surface area contributed by atoms with Gasteiger partial charge in [-0.05, 0) is 55.9 Å². The average Bonchev–Trinajstić information content (AvgIpc) is 2.56. The van der Waals surface area contributed by atoms with Gasteiger partial charge in [-0.25, -0.2) is 0 Å². The molecule has 1 aliphatic heterocycles. The summed E-state index contributed by atoms with van der Waals surface area (Å²) in [6.45, 7) is 4.95. The van der Waals surface area contributed by atoms with Crippen LogP contribution in [0.15, 0.2) is 23.4 Å². The summed E-state index contributed by atoms with van der Waals surface area (Å²) in [5.41, 5.74) is 0.991. The third-order valence-corrected chi connectivity index (χ3v) is 4.25. The fourth-order valence-corrected chi connectivity index (χ4v) is 2.93. The highest BCUT2D eigenvalue weighted by atomic mass is 16.5. The van der Waals surface area contributed by atoms with Gasteiger partial charge in [-0.2, -0.15) is 0 Å². The molecule has 0 bridgehead atoms. The molecule has 1 aromatic carbocycles. The Bertz CT molecular complexity index is 578. The first-order chi connectivity index (χ1) is 11.0. The molecule has 0 radical (unpaired) electrons. The maximum absolute atomic E-state index is 11.3. The van der Waals surface area contributed by atoms with Gasteiger partial charge >= 0.3 is 5.97 Å². The molecule has 126 valence electrons. The van der Waals surface area contributed by atoms with E-state index in [0.717, 1.165) is 43.7 Å². The number of methoxy groups -OCH3 is 1. The molecule has 0 saturated carbocycles. The van der Waals surface area contributed by atoms with Gasteiger partial charge in [0.25, 0.3) is 0 Å². The van der Waals surface area contributed by atoms with Crippen molar-refractivity contribution >= 4 is 11.8 Å². The zero-order chi connectivity index (χ0) is 16.8. The van der Waals surface area contributed by atoms with E-state index < -0.39 is 0 Å². The van der Waals surface area contributed by atoms with Crippen molar-refractivity contribution in [3.8, 4) is 11.5 Å². The summed E-state index contributed by atoms with van der Waals surface area (Å²) in [5.74, 6) is 2.20. The van der Waals surface area contributed by atoms with Crippen LogP contribution in [-0.2, 0) is 11.2 Å². The Morgan fingerprint density at radius 1 is 1.35 bits per heavy atom. The van der Waals surface area contributed by atoms with Crippen LogP contribution in [0.3, 0.4) is 0 Å². The lowest BCUT2D eigenvalue weighted by Crippen LogP contribution is -2.37. The summed E-state index contributed by atoms with van der Waals surface area (Å²) >= 11 is 0. The van der Waals surface area contributed by atoms with E-state index in [2.05, 4.69) is 10.1 Å². The van der Waals surface area contributed by atoms with Crippen molar-refractivity contribution in [1.82, 2.24) is 4.90 Å². The summed E-state index contributed by atoms with van der Waals surface area (Å²) in [5, 5.41) is 12.1. The number of nitrogens with zero attached hydrogens (tertiary/aromatic N) is 2. The number of carbonyl (C=O) groups is 1. The van der Waals surface area contributed by atoms with Crippen LogP contribution in [0.25, 0.3) is 0 Å². The number of hydrogen-bond acceptors (Lipinski definition) is 5. The number of benzene rings is 1. The molecule has 1 aliphatic rings. The molecule has 0 spiro atoms. The monoisotopic (exact) mass is 320 g/mol. The minimum atomic E-state index is -0.319. The van der Waals surface area contributed by atoms with E-state index in [1.165, 1.54) is 6.92 Å². The topological polar surface area (TPSA) is 71.4 Å². The molecule has 1 N–H and O–H groups in total. The first kappa shape index (κ1) is 17.1. The number of piperidine rings is 1. The molecule has 0 atom stereocenters. The third-order valence-electron chi connectivity index (χ3n) is 4.25. The maximum atomic E-state index is 11.3. The number of amidine groups is 1. The van der Waals surface area contributed by atoms with Crippen LogP contribution in [0.4, 0.5) is 0 Å². The van der Waals surface area contributed by atoms with Crippen molar-refractivity contribution < 1.29 is 19.5 Å². The molecule has 6 nitrogen and oxygen atoms in total. The number of oxime groups is 1. The number of ether oxygens (including phenoxy) is 2. The van der Waals surface area contributed by atoms with Crippen molar-refractivity contribution in [3.63, 3.8) is 0 Å². The first-order valence-electron chi connectivity index (χ1n) is 7.82. The van der Waals surface area contributed by atoms with E-state index in [9.17, 15) is 4.79 Å².